The summed E-state index contributed by atoms with van der Waals surface area (Å²) in [4.78, 5) is 14.4. The molecule has 6 heteroatoms. The van der Waals surface area contributed by atoms with E-state index in [0.717, 1.165) is 13.1 Å². The fourth-order valence-corrected chi connectivity index (χ4v) is 3.25. The Hall–Kier alpha value is -2.99. The zero-order valence-electron chi connectivity index (χ0n) is 16.7. The second-order valence-corrected chi connectivity index (χ2v) is 6.64. The van der Waals surface area contributed by atoms with Crippen LogP contribution in [0.5, 0.6) is 23.0 Å². The van der Waals surface area contributed by atoms with Gasteiger partial charge in [-0.25, -0.2) is 0 Å². The molecule has 1 heterocycles. The predicted octanol–water partition coefficient (Wildman–Crippen LogP) is 3.03. The molecule has 0 fully saturated rings. The third-order valence-electron chi connectivity index (χ3n) is 4.97. The molecule has 148 valence electrons. The maximum absolute atomic E-state index is 13.1. The summed E-state index contributed by atoms with van der Waals surface area (Å²) in [6.07, 6.45) is 0. The molecule has 3 rings (SSSR count). The number of quaternary nitrogens is 1. The molecule has 0 spiro atoms. The number of aryl methyl sites for hydroxylation is 1. The third-order valence-corrected chi connectivity index (χ3v) is 4.97. The van der Waals surface area contributed by atoms with E-state index in [1.165, 1.54) is 4.90 Å². The normalized spacial score (nSPS) is 11.2. The van der Waals surface area contributed by atoms with Gasteiger partial charge >= 0.3 is 0 Å². The lowest BCUT2D eigenvalue weighted by Crippen LogP contribution is -3.10. The summed E-state index contributed by atoms with van der Waals surface area (Å²) in [5, 5.41) is 10.8. The van der Waals surface area contributed by atoms with Crippen LogP contribution in [0.15, 0.2) is 45.6 Å². The smallest absolute Gasteiger partial charge is 0.235 e. The van der Waals surface area contributed by atoms with Crippen LogP contribution in [0.4, 0.5) is 0 Å². The Balaban J connectivity index is 2.13. The molecule has 0 aliphatic carbocycles. The Morgan fingerprint density at radius 3 is 2.39 bits per heavy atom. The molecule has 0 radical (unpaired) electrons. The number of hydrogen-bond donors (Lipinski definition) is 2. The van der Waals surface area contributed by atoms with Gasteiger partial charge in [0.05, 0.1) is 31.1 Å². The minimum Gasteiger partial charge on any atom is -0.507 e. The van der Waals surface area contributed by atoms with E-state index in [4.69, 9.17) is 13.9 Å². The molecular formula is C22H26NO5+. The monoisotopic (exact) mass is 384 g/mol. The van der Waals surface area contributed by atoms with Crippen LogP contribution >= 0.6 is 0 Å². The van der Waals surface area contributed by atoms with Crippen LogP contribution in [0.25, 0.3) is 11.0 Å². The van der Waals surface area contributed by atoms with Gasteiger partial charge in [0, 0.05) is 0 Å². The number of fused-ring (bicyclic) bond motifs is 1. The molecule has 6 nitrogen and oxygen atoms in total. The Labute approximate surface area is 163 Å². The number of phenols is 1. The zero-order chi connectivity index (χ0) is 20.3. The van der Waals surface area contributed by atoms with Crippen LogP contribution in [0.2, 0.25) is 0 Å². The van der Waals surface area contributed by atoms with E-state index in [2.05, 4.69) is 13.8 Å². The summed E-state index contributed by atoms with van der Waals surface area (Å²) in [6.45, 7) is 8.24. The molecule has 28 heavy (non-hydrogen) atoms. The highest BCUT2D eigenvalue weighted by Crippen LogP contribution is 2.33. The van der Waals surface area contributed by atoms with Crippen molar-refractivity contribution in [3.8, 4) is 23.0 Å². The summed E-state index contributed by atoms with van der Waals surface area (Å²) in [7, 11) is 1.54. The van der Waals surface area contributed by atoms with E-state index in [-0.39, 0.29) is 16.9 Å². The number of ether oxygens (including phenoxy) is 2. The standard InChI is InChI=1S/C22H25NO5/c1-5-23(6-2)13-16-17(24)12-11-15-20(25)21(14(3)27-22(15)16)28-19-10-8-7-9-18(19)26-4/h7-12,24H,5-6,13H2,1-4H3/p+1. The average molecular weight is 384 g/mol. The van der Waals surface area contributed by atoms with Crippen molar-refractivity contribution in [2.75, 3.05) is 20.2 Å². The number of nitrogens with one attached hydrogen (secondary N) is 1. The van der Waals surface area contributed by atoms with Crippen molar-refractivity contribution in [2.24, 2.45) is 0 Å². The average Bonchev–Trinajstić information content (AvgIpc) is 2.71. The summed E-state index contributed by atoms with van der Waals surface area (Å²) in [5.74, 6) is 1.56. The second kappa shape index (κ2) is 8.35. The number of methoxy groups -OCH3 is 1. The molecule has 1 aromatic heterocycles. The molecule has 3 aromatic rings. The van der Waals surface area contributed by atoms with Crippen LogP contribution in [0.3, 0.4) is 0 Å². The molecule has 0 amide bonds. The van der Waals surface area contributed by atoms with Gasteiger partial charge in [-0.15, -0.1) is 0 Å². The first kappa shape index (κ1) is 19.8. The highest BCUT2D eigenvalue weighted by atomic mass is 16.5. The third kappa shape index (κ3) is 3.68. The lowest BCUT2D eigenvalue weighted by molar-refractivity contribution is -0.910. The Bertz CT molecular complexity index is 1040. The first-order valence-corrected chi connectivity index (χ1v) is 9.42. The predicted molar refractivity (Wildman–Crippen MR) is 108 cm³/mol. The van der Waals surface area contributed by atoms with Crippen molar-refractivity contribution >= 4 is 11.0 Å². The van der Waals surface area contributed by atoms with Gasteiger partial charge in [0.2, 0.25) is 11.2 Å². The van der Waals surface area contributed by atoms with Crippen LogP contribution in [0, 0.1) is 6.92 Å². The minimum absolute atomic E-state index is 0.115. The van der Waals surface area contributed by atoms with Gasteiger partial charge in [-0.3, -0.25) is 4.79 Å². The maximum Gasteiger partial charge on any atom is 0.235 e. The largest absolute Gasteiger partial charge is 0.507 e. The summed E-state index contributed by atoms with van der Waals surface area (Å²) in [6, 6.07) is 10.2. The Morgan fingerprint density at radius 1 is 1.07 bits per heavy atom. The van der Waals surface area contributed by atoms with Crippen LogP contribution in [0.1, 0.15) is 25.2 Å². The van der Waals surface area contributed by atoms with E-state index < -0.39 is 0 Å². The number of aromatic hydroxyl groups is 1. The Kier molecular flexibility index (Phi) is 5.90. The van der Waals surface area contributed by atoms with Gasteiger partial charge in [-0.1, -0.05) is 12.1 Å². The van der Waals surface area contributed by atoms with E-state index in [9.17, 15) is 9.90 Å². The SMILES string of the molecule is CC[NH+](CC)Cc1c(O)ccc2c(=O)c(Oc3ccccc3OC)c(C)oc12. The van der Waals surface area contributed by atoms with Gasteiger partial charge in [0.1, 0.15) is 18.1 Å². The van der Waals surface area contributed by atoms with Crippen LogP contribution in [-0.2, 0) is 6.54 Å². The van der Waals surface area contributed by atoms with Gasteiger partial charge in [-0.05, 0) is 45.0 Å². The molecule has 0 unspecified atom stereocenters. The Morgan fingerprint density at radius 2 is 1.75 bits per heavy atom. The van der Waals surface area contributed by atoms with Crippen molar-refractivity contribution in [1.29, 1.82) is 0 Å². The van der Waals surface area contributed by atoms with Crippen molar-refractivity contribution in [3.63, 3.8) is 0 Å². The van der Waals surface area contributed by atoms with Gasteiger partial charge < -0.3 is 23.9 Å². The molecule has 2 N–H and O–H groups in total. The summed E-state index contributed by atoms with van der Waals surface area (Å²) >= 11 is 0. The zero-order valence-corrected chi connectivity index (χ0v) is 16.7. The number of phenolic OH excluding ortho intramolecular Hbond substituents is 1. The number of para-hydroxylation sites is 2. The molecule has 0 saturated carbocycles. The maximum atomic E-state index is 13.1. The lowest BCUT2D eigenvalue weighted by Gasteiger charge is -2.17. The minimum atomic E-state index is -0.277. The van der Waals surface area contributed by atoms with Crippen molar-refractivity contribution in [3.05, 3.63) is 57.9 Å². The highest BCUT2D eigenvalue weighted by Gasteiger charge is 2.21. The first-order chi connectivity index (χ1) is 13.5. The van der Waals surface area contributed by atoms with E-state index in [1.54, 1.807) is 44.4 Å². The van der Waals surface area contributed by atoms with E-state index in [0.29, 0.717) is 40.3 Å². The number of benzene rings is 2. The molecule has 0 aliphatic heterocycles. The molecule has 0 atom stereocenters. The topological polar surface area (TPSA) is 73.3 Å². The molecular weight excluding hydrogens is 358 g/mol. The summed E-state index contributed by atoms with van der Waals surface area (Å²) < 4.78 is 17.1. The van der Waals surface area contributed by atoms with Gasteiger partial charge in [0.25, 0.3) is 0 Å². The van der Waals surface area contributed by atoms with Gasteiger partial charge in [-0.2, -0.15) is 0 Å². The lowest BCUT2D eigenvalue weighted by atomic mass is 10.1. The highest BCUT2D eigenvalue weighted by molar-refractivity contribution is 5.83. The molecule has 0 saturated heterocycles. The first-order valence-electron chi connectivity index (χ1n) is 9.42. The molecule has 0 aliphatic rings. The number of hydrogen-bond acceptors (Lipinski definition) is 5. The summed E-state index contributed by atoms with van der Waals surface area (Å²) in [5.41, 5.74) is 0.773. The van der Waals surface area contributed by atoms with Crippen molar-refractivity contribution in [2.45, 2.75) is 27.3 Å². The van der Waals surface area contributed by atoms with E-state index >= 15 is 0 Å². The molecule has 2 aromatic carbocycles. The quantitative estimate of drug-likeness (QED) is 0.655. The van der Waals surface area contributed by atoms with Crippen LogP contribution in [-0.4, -0.2) is 25.3 Å². The van der Waals surface area contributed by atoms with Crippen molar-refractivity contribution < 1.29 is 23.9 Å². The van der Waals surface area contributed by atoms with E-state index in [1.807, 2.05) is 6.07 Å². The van der Waals surface area contributed by atoms with Crippen LogP contribution < -0.4 is 19.8 Å². The van der Waals surface area contributed by atoms with Gasteiger partial charge in [0.15, 0.2) is 17.1 Å². The van der Waals surface area contributed by atoms with Crippen molar-refractivity contribution in [1.82, 2.24) is 0 Å². The molecule has 0 bridgehead atoms. The fraction of sp³-hybridized carbons (Fsp3) is 0.318. The fourth-order valence-electron chi connectivity index (χ4n) is 3.25. The number of rotatable bonds is 7. The second-order valence-electron chi connectivity index (χ2n) is 6.64.